The third-order valence-corrected chi connectivity index (χ3v) is 4.68. The van der Waals surface area contributed by atoms with Gasteiger partial charge in [0.15, 0.2) is 0 Å². The minimum absolute atomic E-state index is 0.00627. The summed E-state index contributed by atoms with van der Waals surface area (Å²) < 4.78 is 29.6. The molecule has 15 heavy (non-hydrogen) atoms. The molecule has 1 fully saturated rings. The predicted octanol–water partition coefficient (Wildman–Crippen LogP) is 0.913. The molecule has 0 aromatic rings. The van der Waals surface area contributed by atoms with E-state index in [2.05, 4.69) is 0 Å². The Morgan fingerprint density at radius 2 is 2.13 bits per heavy atom. The van der Waals surface area contributed by atoms with Gasteiger partial charge in [-0.1, -0.05) is 0 Å². The highest BCUT2D eigenvalue weighted by Gasteiger charge is 2.21. The maximum absolute atomic E-state index is 11.5. The van der Waals surface area contributed by atoms with Gasteiger partial charge in [0.1, 0.15) is 0 Å². The highest BCUT2D eigenvalue weighted by atomic mass is 35.5. The number of likely N-dealkylation sites (N-methyl/N-ethyl adjacent to an activating group) is 1. The highest BCUT2D eigenvalue weighted by Crippen LogP contribution is 2.28. The fourth-order valence-corrected chi connectivity index (χ4v) is 2.56. The van der Waals surface area contributed by atoms with Crippen LogP contribution >= 0.6 is 11.6 Å². The lowest BCUT2D eigenvalue weighted by atomic mass is 10.5. The van der Waals surface area contributed by atoms with Gasteiger partial charge in [-0.05, 0) is 18.8 Å². The van der Waals surface area contributed by atoms with Crippen LogP contribution in [0.1, 0.15) is 12.8 Å². The first kappa shape index (κ1) is 13.2. The van der Waals surface area contributed by atoms with Crippen molar-refractivity contribution in [1.29, 1.82) is 0 Å². The minimum atomic E-state index is -3.17. The summed E-state index contributed by atoms with van der Waals surface area (Å²) in [6.45, 7) is 1.64. The molecule has 0 radical (unpaired) electrons. The van der Waals surface area contributed by atoms with Crippen molar-refractivity contribution in [1.82, 2.24) is 4.31 Å². The second kappa shape index (κ2) is 6.03. The van der Waals surface area contributed by atoms with Crippen LogP contribution < -0.4 is 0 Å². The van der Waals surface area contributed by atoms with E-state index < -0.39 is 10.0 Å². The van der Waals surface area contributed by atoms with E-state index in [0.29, 0.717) is 13.2 Å². The molecule has 1 saturated carbocycles. The van der Waals surface area contributed by atoms with Crippen molar-refractivity contribution < 1.29 is 13.2 Å². The summed E-state index contributed by atoms with van der Waals surface area (Å²) >= 11 is 5.40. The van der Waals surface area contributed by atoms with Crippen LogP contribution in [-0.4, -0.2) is 51.2 Å². The smallest absolute Gasteiger partial charge is 0.215 e. The standard InChI is InChI=1S/C9H18ClNO3S/c1-11(15(12,13)7-4-10)5-6-14-8-9-2-3-9/h9H,2-8H2,1H3. The monoisotopic (exact) mass is 255 g/mol. The van der Waals surface area contributed by atoms with E-state index in [1.165, 1.54) is 17.1 Å². The maximum Gasteiger partial charge on any atom is 0.215 e. The van der Waals surface area contributed by atoms with Gasteiger partial charge in [-0.15, -0.1) is 11.6 Å². The second-order valence-electron chi connectivity index (χ2n) is 3.84. The molecular formula is C9H18ClNO3S. The third kappa shape index (κ3) is 5.15. The molecule has 4 nitrogen and oxygen atoms in total. The lowest BCUT2D eigenvalue weighted by molar-refractivity contribution is 0.117. The second-order valence-corrected chi connectivity index (χ2v) is 6.42. The molecule has 0 unspecified atom stereocenters. The molecule has 6 heteroatoms. The summed E-state index contributed by atoms with van der Waals surface area (Å²) in [5.41, 5.74) is 0. The van der Waals surface area contributed by atoms with E-state index in [1.54, 1.807) is 7.05 Å². The molecule has 1 aliphatic rings. The fraction of sp³-hybridized carbons (Fsp3) is 1.00. The quantitative estimate of drug-likeness (QED) is 0.479. The fourth-order valence-electron chi connectivity index (χ4n) is 1.12. The van der Waals surface area contributed by atoms with Crippen LogP contribution in [-0.2, 0) is 14.8 Å². The summed E-state index contributed by atoms with van der Waals surface area (Å²) in [6, 6.07) is 0. The van der Waals surface area contributed by atoms with E-state index >= 15 is 0 Å². The number of hydrogen-bond donors (Lipinski definition) is 0. The van der Waals surface area contributed by atoms with Gasteiger partial charge < -0.3 is 4.74 Å². The molecule has 0 aliphatic heterocycles. The summed E-state index contributed by atoms with van der Waals surface area (Å²) in [5.74, 6) is 0.846. The van der Waals surface area contributed by atoms with E-state index in [1.807, 2.05) is 0 Å². The molecule has 1 rings (SSSR count). The van der Waals surface area contributed by atoms with Gasteiger partial charge in [0.05, 0.1) is 12.4 Å². The largest absolute Gasteiger partial charge is 0.380 e. The number of halogens is 1. The maximum atomic E-state index is 11.5. The lowest BCUT2D eigenvalue weighted by Gasteiger charge is -2.16. The number of ether oxygens (including phenoxy) is 1. The van der Waals surface area contributed by atoms with Gasteiger partial charge in [0.2, 0.25) is 10.0 Å². The number of alkyl halides is 1. The van der Waals surface area contributed by atoms with Crippen molar-refractivity contribution in [2.45, 2.75) is 12.8 Å². The van der Waals surface area contributed by atoms with Crippen LogP contribution in [0, 0.1) is 5.92 Å². The van der Waals surface area contributed by atoms with Crippen LogP contribution in [0.15, 0.2) is 0 Å². The lowest BCUT2D eigenvalue weighted by Crippen LogP contribution is -2.32. The molecule has 0 heterocycles. The summed E-state index contributed by atoms with van der Waals surface area (Å²) in [7, 11) is -1.62. The average molecular weight is 256 g/mol. The van der Waals surface area contributed by atoms with E-state index in [-0.39, 0.29) is 11.6 Å². The van der Waals surface area contributed by atoms with Gasteiger partial charge in [0, 0.05) is 26.1 Å². The highest BCUT2D eigenvalue weighted by molar-refractivity contribution is 7.89. The van der Waals surface area contributed by atoms with Crippen LogP contribution in [0.5, 0.6) is 0 Å². The molecule has 0 saturated heterocycles. The zero-order valence-electron chi connectivity index (χ0n) is 8.99. The number of nitrogens with zero attached hydrogens (tertiary/aromatic N) is 1. The van der Waals surface area contributed by atoms with Gasteiger partial charge in [0.25, 0.3) is 0 Å². The molecule has 0 bridgehead atoms. The Morgan fingerprint density at radius 1 is 1.47 bits per heavy atom. The SMILES string of the molecule is CN(CCOCC1CC1)S(=O)(=O)CCCl. The van der Waals surface area contributed by atoms with Gasteiger partial charge in [-0.2, -0.15) is 0 Å². The Balaban J connectivity index is 2.12. The van der Waals surface area contributed by atoms with Gasteiger partial charge in [-0.3, -0.25) is 0 Å². The topological polar surface area (TPSA) is 46.6 Å². The number of hydrogen-bond acceptors (Lipinski definition) is 3. The van der Waals surface area contributed by atoms with Crippen molar-refractivity contribution in [2.24, 2.45) is 5.92 Å². The predicted molar refractivity (Wildman–Crippen MR) is 60.7 cm³/mol. The molecule has 0 amide bonds. The molecule has 1 aliphatic carbocycles. The Bertz CT molecular complexity index is 277. The summed E-state index contributed by atoms with van der Waals surface area (Å²) in [5, 5.41) is 0. The molecule has 0 aromatic carbocycles. The number of rotatable bonds is 8. The Kier molecular flexibility index (Phi) is 5.32. The van der Waals surface area contributed by atoms with E-state index in [4.69, 9.17) is 16.3 Å². The minimum Gasteiger partial charge on any atom is -0.380 e. The van der Waals surface area contributed by atoms with Crippen LogP contribution in [0.25, 0.3) is 0 Å². The first-order valence-electron chi connectivity index (χ1n) is 5.14. The van der Waals surface area contributed by atoms with Crippen molar-refractivity contribution in [3.8, 4) is 0 Å². The third-order valence-electron chi connectivity index (χ3n) is 2.41. The average Bonchev–Trinajstić information content (AvgIpc) is 2.95. The Labute approximate surface area is 96.6 Å². The van der Waals surface area contributed by atoms with E-state index in [9.17, 15) is 8.42 Å². The van der Waals surface area contributed by atoms with Crippen molar-refractivity contribution in [3.05, 3.63) is 0 Å². The molecule has 0 N–H and O–H groups in total. The first-order valence-corrected chi connectivity index (χ1v) is 7.28. The molecule has 0 atom stereocenters. The Morgan fingerprint density at radius 3 is 2.67 bits per heavy atom. The summed E-state index contributed by atoms with van der Waals surface area (Å²) in [6.07, 6.45) is 2.50. The van der Waals surface area contributed by atoms with E-state index in [0.717, 1.165) is 12.5 Å². The van der Waals surface area contributed by atoms with Crippen LogP contribution in [0.4, 0.5) is 0 Å². The summed E-state index contributed by atoms with van der Waals surface area (Å²) in [4.78, 5) is 0. The van der Waals surface area contributed by atoms with Crippen molar-refractivity contribution in [3.63, 3.8) is 0 Å². The molecule has 90 valence electrons. The normalized spacial score (nSPS) is 17.3. The van der Waals surface area contributed by atoms with Gasteiger partial charge >= 0.3 is 0 Å². The zero-order chi connectivity index (χ0) is 11.3. The molecular weight excluding hydrogens is 238 g/mol. The van der Waals surface area contributed by atoms with Crippen LogP contribution in [0.2, 0.25) is 0 Å². The van der Waals surface area contributed by atoms with Crippen molar-refractivity contribution >= 4 is 21.6 Å². The molecule has 0 spiro atoms. The molecule has 0 aromatic heterocycles. The van der Waals surface area contributed by atoms with Crippen LogP contribution in [0.3, 0.4) is 0 Å². The first-order chi connectivity index (χ1) is 7.06. The Hall–Kier alpha value is 0.160. The number of sulfonamides is 1. The van der Waals surface area contributed by atoms with Gasteiger partial charge in [-0.25, -0.2) is 12.7 Å². The van der Waals surface area contributed by atoms with Crippen molar-refractivity contribution in [2.75, 3.05) is 38.4 Å². The zero-order valence-corrected chi connectivity index (χ0v) is 10.6.